The molecular weight excluding hydrogens is 457 g/mol. The van der Waals surface area contributed by atoms with Crippen molar-refractivity contribution in [2.24, 2.45) is 0 Å². The third kappa shape index (κ3) is 5.70. The van der Waals surface area contributed by atoms with E-state index < -0.39 is 35.3 Å². The van der Waals surface area contributed by atoms with Gasteiger partial charge in [0.1, 0.15) is 29.2 Å². The molecule has 1 unspecified atom stereocenters. The van der Waals surface area contributed by atoms with Crippen LogP contribution in [0, 0.1) is 17.5 Å². The fourth-order valence-electron chi connectivity index (χ4n) is 3.51. The Kier molecular flexibility index (Phi) is 7.15. The Morgan fingerprint density at radius 2 is 1.51 bits per heavy atom. The highest BCUT2D eigenvalue weighted by molar-refractivity contribution is 6.00. The second-order valence-corrected chi connectivity index (χ2v) is 7.57. The number of anilines is 1. The molecule has 0 radical (unpaired) electrons. The number of amides is 2. The van der Waals surface area contributed by atoms with Crippen LogP contribution in [-0.4, -0.2) is 26.7 Å². The van der Waals surface area contributed by atoms with Crippen molar-refractivity contribution in [3.05, 3.63) is 126 Å². The second kappa shape index (κ2) is 10.6. The summed E-state index contributed by atoms with van der Waals surface area (Å²) < 4.78 is 41.8. The zero-order valence-electron chi connectivity index (χ0n) is 18.2. The molecule has 0 bridgehead atoms. The molecule has 0 saturated heterocycles. The van der Waals surface area contributed by atoms with Crippen molar-refractivity contribution < 1.29 is 22.8 Å². The van der Waals surface area contributed by atoms with Gasteiger partial charge in [-0.05, 0) is 48.0 Å². The first-order valence-corrected chi connectivity index (χ1v) is 10.5. The Labute approximate surface area is 199 Å². The predicted octanol–water partition coefficient (Wildman–Crippen LogP) is 4.92. The van der Waals surface area contributed by atoms with Gasteiger partial charge in [0.15, 0.2) is 0 Å². The zero-order valence-corrected chi connectivity index (χ0v) is 18.2. The largest absolute Gasteiger partial charge is 0.324 e. The van der Waals surface area contributed by atoms with Crippen molar-refractivity contribution in [3.8, 4) is 0 Å². The number of hydrogen-bond acceptors (Lipinski definition) is 4. The number of carbonyl (C=O) groups is 2. The Bertz CT molecular complexity index is 1320. The number of carbonyl (C=O) groups excluding carboxylic acids is 2. The third-order valence-corrected chi connectivity index (χ3v) is 5.18. The number of benzene rings is 3. The summed E-state index contributed by atoms with van der Waals surface area (Å²) in [5.41, 5.74) is 0.628. The average Bonchev–Trinajstić information content (AvgIpc) is 2.87. The van der Waals surface area contributed by atoms with Crippen molar-refractivity contribution in [2.75, 3.05) is 5.32 Å². The smallest absolute Gasteiger partial charge is 0.275 e. The van der Waals surface area contributed by atoms with Crippen LogP contribution in [0.4, 0.5) is 18.9 Å². The van der Waals surface area contributed by atoms with Crippen molar-refractivity contribution in [1.29, 1.82) is 0 Å². The fraction of sp³-hybridized carbons (Fsp3) is 0.0769. The van der Waals surface area contributed by atoms with Crippen LogP contribution in [0.5, 0.6) is 0 Å². The number of rotatable bonds is 7. The van der Waals surface area contributed by atoms with Crippen LogP contribution in [0.15, 0.2) is 91.4 Å². The Balaban J connectivity index is 1.79. The minimum atomic E-state index is -1.44. The summed E-state index contributed by atoms with van der Waals surface area (Å²) in [4.78, 5) is 36.1. The molecule has 35 heavy (non-hydrogen) atoms. The maximum atomic E-state index is 15.0. The van der Waals surface area contributed by atoms with Gasteiger partial charge in [0.2, 0.25) is 0 Å². The lowest BCUT2D eigenvalue weighted by Crippen LogP contribution is -2.41. The number of halogens is 3. The van der Waals surface area contributed by atoms with Crippen LogP contribution in [-0.2, 0) is 11.3 Å². The van der Waals surface area contributed by atoms with E-state index in [2.05, 4.69) is 15.3 Å². The van der Waals surface area contributed by atoms with Gasteiger partial charge in [0.25, 0.3) is 11.8 Å². The average molecular weight is 476 g/mol. The van der Waals surface area contributed by atoms with Crippen molar-refractivity contribution in [1.82, 2.24) is 14.9 Å². The molecule has 2 amide bonds. The fourth-order valence-corrected chi connectivity index (χ4v) is 3.51. The number of aromatic nitrogens is 2. The van der Waals surface area contributed by atoms with E-state index in [4.69, 9.17) is 0 Å². The SMILES string of the molecule is O=C(Nc1ccc(F)cc1)C(c1ccccc1F)N(Cc1ccc(F)cc1)C(=O)c1cnccn1. The van der Waals surface area contributed by atoms with Gasteiger partial charge in [-0.3, -0.25) is 14.6 Å². The molecule has 0 fully saturated rings. The molecular formula is C26H19F3N4O2. The van der Waals surface area contributed by atoms with E-state index in [-0.39, 0.29) is 23.5 Å². The van der Waals surface area contributed by atoms with Crippen molar-refractivity contribution >= 4 is 17.5 Å². The molecule has 1 N–H and O–H groups in total. The minimum Gasteiger partial charge on any atom is -0.324 e. The van der Waals surface area contributed by atoms with Crippen LogP contribution in [0.2, 0.25) is 0 Å². The second-order valence-electron chi connectivity index (χ2n) is 7.57. The number of nitrogens with zero attached hydrogens (tertiary/aromatic N) is 3. The van der Waals surface area contributed by atoms with Gasteiger partial charge in [-0.1, -0.05) is 30.3 Å². The first-order valence-electron chi connectivity index (χ1n) is 10.5. The van der Waals surface area contributed by atoms with Gasteiger partial charge in [-0.15, -0.1) is 0 Å². The molecule has 9 heteroatoms. The van der Waals surface area contributed by atoms with E-state index in [1.165, 1.54) is 73.2 Å². The molecule has 1 atom stereocenters. The zero-order chi connectivity index (χ0) is 24.8. The van der Waals surface area contributed by atoms with Gasteiger partial charge in [0, 0.05) is 30.2 Å². The molecule has 6 nitrogen and oxygen atoms in total. The van der Waals surface area contributed by atoms with E-state index in [1.54, 1.807) is 6.07 Å². The molecule has 176 valence electrons. The Morgan fingerprint density at radius 3 is 2.14 bits per heavy atom. The quantitative estimate of drug-likeness (QED) is 0.411. The molecule has 4 aromatic rings. The molecule has 3 aromatic carbocycles. The number of hydrogen-bond donors (Lipinski definition) is 1. The van der Waals surface area contributed by atoms with Crippen molar-refractivity contribution in [3.63, 3.8) is 0 Å². The highest BCUT2D eigenvalue weighted by atomic mass is 19.1. The van der Waals surface area contributed by atoms with Crippen LogP contribution >= 0.6 is 0 Å². The summed E-state index contributed by atoms with van der Waals surface area (Å²) in [6.45, 7) is -0.161. The highest BCUT2D eigenvalue weighted by Gasteiger charge is 2.34. The third-order valence-electron chi connectivity index (χ3n) is 5.18. The lowest BCUT2D eigenvalue weighted by Gasteiger charge is -2.31. The van der Waals surface area contributed by atoms with Gasteiger partial charge < -0.3 is 10.2 Å². The summed E-state index contributed by atoms with van der Waals surface area (Å²) in [5.74, 6) is -3.10. The summed E-state index contributed by atoms with van der Waals surface area (Å²) in [6.07, 6.45) is 3.94. The van der Waals surface area contributed by atoms with Gasteiger partial charge in [-0.25, -0.2) is 18.2 Å². The predicted molar refractivity (Wildman–Crippen MR) is 122 cm³/mol. The van der Waals surface area contributed by atoms with Gasteiger partial charge in [0.05, 0.1) is 6.20 Å². The molecule has 1 aromatic heterocycles. The van der Waals surface area contributed by atoms with Crippen LogP contribution in [0.3, 0.4) is 0 Å². The Morgan fingerprint density at radius 1 is 0.857 bits per heavy atom. The summed E-state index contributed by atoms with van der Waals surface area (Å²) in [5, 5.41) is 2.61. The Hall–Kier alpha value is -4.53. The maximum Gasteiger partial charge on any atom is 0.275 e. The van der Waals surface area contributed by atoms with Gasteiger partial charge in [-0.2, -0.15) is 0 Å². The number of nitrogens with one attached hydrogen (secondary N) is 1. The van der Waals surface area contributed by atoms with Crippen LogP contribution < -0.4 is 5.32 Å². The van der Waals surface area contributed by atoms with Gasteiger partial charge >= 0.3 is 0 Å². The molecule has 0 saturated carbocycles. The van der Waals surface area contributed by atoms with Crippen LogP contribution in [0.25, 0.3) is 0 Å². The lowest BCUT2D eigenvalue weighted by atomic mass is 10.0. The maximum absolute atomic E-state index is 15.0. The van der Waals surface area contributed by atoms with E-state index in [1.807, 2.05) is 0 Å². The van der Waals surface area contributed by atoms with Crippen molar-refractivity contribution in [2.45, 2.75) is 12.6 Å². The lowest BCUT2D eigenvalue weighted by molar-refractivity contribution is -0.121. The molecule has 0 aliphatic heterocycles. The summed E-state index contributed by atoms with van der Waals surface area (Å²) in [6, 6.07) is 14.5. The van der Waals surface area contributed by atoms with E-state index >= 15 is 0 Å². The standard InChI is InChI=1S/C26H19F3N4O2/c27-18-7-5-17(6-8-18)16-33(26(35)23-15-30-13-14-31-23)24(21-3-1-2-4-22(21)29)25(34)32-20-11-9-19(28)10-12-20/h1-15,24H,16H2,(H,32,34). The van der Waals surface area contributed by atoms with E-state index in [0.29, 0.717) is 5.56 Å². The van der Waals surface area contributed by atoms with Crippen LogP contribution in [0.1, 0.15) is 27.7 Å². The summed E-state index contributed by atoms with van der Waals surface area (Å²) >= 11 is 0. The molecule has 4 rings (SSSR count). The summed E-state index contributed by atoms with van der Waals surface area (Å²) in [7, 11) is 0. The monoisotopic (exact) mass is 476 g/mol. The normalized spacial score (nSPS) is 11.5. The topological polar surface area (TPSA) is 75.2 Å². The minimum absolute atomic E-state index is 0.0635. The first-order chi connectivity index (χ1) is 16.9. The molecule has 0 aliphatic carbocycles. The van der Waals surface area contributed by atoms with E-state index in [0.717, 1.165) is 17.0 Å². The first kappa shape index (κ1) is 23.6. The molecule has 0 aliphatic rings. The molecule has 1 heterocycles. The highest BCUT2D eigenvalue weighted by Crippen LogP contribution is 2.29. The molecule has 0 spiro atoms. The van der Waals surface area contributed by atoms with E-state index in [9.17, 15) is 22.8 Å².